The van der Waals surface area contributed by atoms with Crippen LogP contribution in [0.15, 0.2) is 59.5 Å². The number of fused-ring (bicyclic) bond motifs is 1. The molecule has 1 fully saturated rings. The van der Waals surface area contributed by atoms with Crippen LogP contribution in [0.3, 0.4) is 0 Å². The molecule has 2 amide bonds. The second kappa shape index (κ2) is 10.1. The number of ether oxygens (including phenoxy) is 3. The lowest BCUT2D eigenvalue weighted by molar-refractivity contribution is -0.123. The van der Waals surface area contributed by atoms with E-state index in [-0.39, 0.29) is 34.6 Å². The van der Waals surface area contributed by atoms with E-state index in [0.29, 0.717) is 32.7 Å². The Morgan fingerprint density at radius 2 is 1.75 bits per heavy atom. The van der Waals surface area contributed by atoms with Crippen molar-refractivity contribution in [1.82, 2.24) is 4.90 Å². The maximum absolute atomic E-state index is 13.1. The highest BCUT2D eigenvalue weighted by Gasteiger charge is 2.36. The Morgan fingerprint density at radius 1 is 1.00 bits per heavy atom. The summed E-state index contributed by atoms with van der Waals surface area (Å²) in [5.74, 6) is 0.0000790. The van der Waals surface area contributed by atoms with Gasteiger partial charge in [0.15, 0.2) is 11.5 Å². The van der Waals surface area contributed by atoms with Gasteiger partial charge in [-0.25, -0.2) is 4.79 Å². The number of rotatable bonds is 5. The molecule has 5 rings (SSSR count). The normalized spacial score (nSPS) is 15.6. The van der Waals surface area contributed by atoms with Gasteiger partial charge in [0.2, 0.25) is 6.79 Å². The van der Waals surface area contributed by atoms with Crippen molar-refractivity contribution in [3.8, 4) is 17.2 Å². The maximum Gasteiger partial charge on any atom is 0.345 e. The molecule has 0 aliphatic carbocycles. The van der Waals surface area contributed by atoms with E-state index in [1.165, 1.54) is 24.3 Å². The van der Waals surface area contributed by atoms with Crippen molar-refractivity contribution in [3.05, 3.63) is 91.3 Å². The molecule has 2 heterocycles. The van der Waals surface area contributed by atoms with Crippen LogP contribution in [0, 0.1) is 0 Å². The van der Waals surface area contributed by atoms with Crippen LogP contribution in [0.1, 0.15) is 21.5 Å². The van der Waals surface area contributed by atoms with E-state index >= 15 is 0 Å². The predicted octanol–water partition coefficient (Wildman–Crippen LogP) is 6.83. The molecule has 7 nitrogen and oxygen atoms in total. The number of hydrogen-bond acceptors (Lipinski definition) is 7. The van der Waals surface area contributed by atoms with Gasteiger partial charge in [-0.3, -0.25) is 14.5 Å². The number of para-hydroxylation sites is 1. The topological polar surface area (TPSA) is 82.1 Å². The molecule has 0 bridgehead atoms. The van der Waals surface area contributed by atoms with Crippen LogP contribution >= 0.6 is 46.6 Å². The second-order valence-corrected chi connectivity index (χ2v) is 9.86. The highest BCUT2D eigenvalue weighted by Crippen LogP contribution is 2.40. The van der Waals surface area contributed by atoms with Crippen molar-refractivity contribution in [1.29, 1.82) is 0 Å². The third-order valence-electron chi connectivity index (χ3n) is 5.30. The lowest BCUT2D eigenvalue weighted by atomic mass is 10.1. The van der Waals surface area contributed by atoms with E-state index in [2.05, 4.69) is 0 Å². The van der Waals surface area contributed by atoms with Crippen molar-refractivity contribution < 1.29 is 28.6 Å². The Bertz CT molecular complexity index is 1460. The molecule has 1 saturated heterocycles. The van der Waals surface area contributed by atoms with E-state index < -0.39 is 17.1 Å². The molecule has 0 atom stereocenters. The summed E-state index contributed by atoms with van der Waals surface area (Å²) in [5, 5.41) is 0.422. The number of carbonyl (C=O) groups excluding carboxylic acids is 3. The fourth-order valence-electron chi connectivity index (χ4n) is 3.53. The van der Waals surface area contributed by atoms with Crippen LogP contribution in [0.2, 0.25) is 15.1 Å². The first-order valence-electron chi connectivity index (χ1n) is 10.4. The van der Waals surface area contributed by atoms with E-state index in [0.717, 1.165) is 16.7 Å². The fourth-order valence-corrected chi connectivity index (χ4v) is 5.06. The molecular weight excluding hydrogens is 549 g/mol. The van der Waals surface area contributed by atoms with Gasteiger partial charge in [0.05, 0.1) is 22.0 Å². The van der Waals surface area contributed by atoms with E-state index in [4.69, 9.17) is 49.0 Å². The third-order valence-corrected chi connectivity index (χ3v) is 7.11. The summed E-state index contributed by atoms with van der Waals surface area (Å²) < 4.78 is 16.2. The number of nitrogens with zero attached hydrogens (tertiary/aromatic N) is 1. The number of carbonyl (C=O) groups is 3. The summed E-state index contributed by atoms with van der Waals surface area (Å²) in [7, 11) is 0. The Balaban J connectivity index is 1.37. The van der Waals surface area contributed by atoms with Gasteiger partial charge in [-0.2, -0.15) is 0 Å². The van der Waals surface area contributed by atoms with Crippen molar-refractivity contribution in [2.45, 2.75) is 6.54 Å². The van der Waals surface area contributed by atoms with Crippen LogP contribution < -0.4 is 14.2 Å². The average Bonchev–Trinajstić information content (AvgIpc) is 3.39. The summed E-state index contributed by atoms with van der Waals surface area (Å²) in [6.07, 6.45) is 1.50. The zero-order valence-electron chi connectivity index (χ0n) is 18.1. The first-order chi connectivity index (χ1) is 17.3. The lowest BCUT2D eigenvalue weighted by Crippen LogP contribution is -2.27. The van der Waals surface area contributed by atoms with Gasteiger partial charge in [0.1, 0.15) is 5.75 Å². The molecule has 11 heteroatoms. The van der Waals surface area contributed by atoms with Crippen molar-refractivity contribution in [2.75, 3.05) is 6.79 Å². The molecule has 2 aliphatic heterocycles. The molecule has 0 unspecified atom stereocenters. The second-order valence-electron chi connectivity index (χ2n) is 7.62. The van der Waals surface area contributed by atoms with Gasteiger partial charge in [-0.1, -0.05) is 53.0 Å². The highest BCUT2D eigenvalue weighted by molar-refractivity contribution is 8.18. The fraction of sp³-hybridized carbons (Fsp3) is 0.0800. The molecule has 0 spiro atoms. The number of halogens is 3. The zero-order valence-corrected chi connectivity index (χ0v) is 21.2. The van der Waals surface area contributed by atoms with Crippen molar-refractivity contribution in [3.63, 3.8) is 0 Å². The summed E-state index contributed by atoms with van der Waals surface area (Å²) in [6, 6.07) is 14.3. The number of imide groups is 1. The Labute approximate surface area is 224 Å². The molecule has 36 heavy (non-hydrogen) atoms. The summed E-state index contributed by atoms with van der Waals surface area (Å²) in [4.78, 5) is 39.7. The molecule has 3 aromatic rings. The van der Waals surface area contributed by atoms with Crippen molar-refractivity contribution in [2.24, 2.45) is 0 Å². The third kappa shape index (κ3) is 4.90. The average molecular weight is 563 g/mol. The standard InChI is InChI=1S/C25H14Cl3NO6S/c26-15-5-6-16(18(28)9-15)24(31)35-19-4-2-1-3-13(19)8-22-23(30)29(25(32)36-22)11-14-7-20-21(10-17(14)27)34-12-33-20/h1-10H,11-12H2/b22-8-. The zero-order chi connectivity index (χ0) is 25.4. The minimum absolute atomic E-state index is 0.0385. The molecule has 0 radical (unpaired) electrons. The number of esters is 1. The van der Waals surface area contributed by atoms with Crippen LogP contribution in [0.5, 0.6) is 17.2 Å². The van der Waals surface area contributed by atoms with Crippen LogP contribution in [0.4, 0.5) is 4.79 Å². The first kappa shape index (κ1) is 24.5. The number of thioether (sulfide) groups is 1. The number of amides is 2. The summed E-state index contributed by atoms with van der Waals surface area (Å²) >= 11 is 19.1. The van der Waals surface area contributed by atoms with Gasteiger partial charge < -0.3 is 14.2 Å². The molecule has 0 saturated carbocycles. The smallest absolute Gasteiger partial charge is 0.345 e. The molecular formula is C25H14Cl3NO6S. The number of benzene rings is 3. The molecule has 182 valence electrons. The van der Waals surface area contributed by atoms with E-state index in [1.807, 2.05) is 0 Å². The Hall–Kier alpha value is -3.17. The molecule has 3 aromatic carbocycles. The minimum Gasteiger partial charge on any atom is -0.454 e. The summed E-state index contributed by atoms with van der Waals surface area (Å²) in [6.45, 7) is 0.0385. The van der Waals surface area contributed by atoms with Gasteiger partial charge >= 0.3 is 5.97 Å². The molecule has 0 aromatic heterocycles. The highest BCUT2D eigenvalue weighted by atomic mass is 35.5. The Kier molecular flexibility index (Phi) is 6.85. The van der Waals surface area contributed by atoms with Crippen LogP contribution in [-0.4, -0.2) is 28.8 Å². The minimum atomic E-state index is -0.692. The molecule has 0 N–H and O–H groups in total. The largest absolute Gasteiger partial charge is 0.454 e. The lowest BCUT2D eigenvalue weighted by Gasteiger charge is -2.14. The Morgan fingerprint density at radius 3 is 2.53 bits per heavy atom. The molecule has 2 aliphatic rings. The van der Waals surface area contributed by atoms with Crippen LogP contribution in [0.25, 0.3) is 6.08 Å². The van der Waals surface area contributed by atoms with Gasteiger partial charge in [0.25, 0.3) is 11.1 Å². The summed E-state index contributed by atoms with van der Waals surface area (Å²) in [5.41, 5.74) is 1.11. The first-order valence-corrected chi connectivity index (χ1v) is 12.3. The van der Waals surface area contributed by atoms with E-state index in [9.17, 15) is 14.4 Å². The van der Waals surface area contributed by atoms with Gasteiger partial charge in [0, 0.05) is 21.7 Å². The quantitative estimate of drug-likeness (QED) is 0.191. The van der Waals surface area contributed by atoms with Crippen LogP contribution in [-0.2, 0) is 11.3 Å². The van der Waals surface area contributed by atoms with Gasteiger partial charge in [-0.15, -0.1) is 0 Å². The van der Waals surface area contributed by atoms with E-state index in [1.54, 1.807) is 36.4 Å². The SMILES string of the molecule is O=C(Oc1ccccc1/C=C1\SC(=O)N(Cc2cc3c(cc2Cl)OCO3)C1=O)c1ccc(Cl)cc1Cl. The monoisotopic (exact) mass is 561 g/mol. The maximum atomic E-state index is 13.1. The van der Waals surface area contributed by atoms with Crippen molar-refractivity contribution >= 4 is 69.8 Å². The van der Waals surface area contributed by atoms with Gasteiger partial charge in [-0.05, 0) is 53.7 Å². The predicted molar refractivity (Wildman–Crippen MR) is 137 cm³/mol. The number of hydrogen-bond donors (Lipinski definition) is 0.